The molecule has 0 aliphatic carbocycles. The van der Waals surface area contributed by atoms with Crippen LogP contribution < -0.4 is 5.19 Å². The van der Waals surface area contributed by atoms with Crippen LogP contribution in [0.25, 0.3) is 0 Å². The molecule has 1 atom stereocenters. The van der Waals surface area contributed by atoms with Crippen molar-refractivity contribution < 1.29 is 8.85 Å². The Morgan fingerprint density at radius 2 is 1.44 bits per heavy atom. The lowest BCUT2D eigenvalue weighted by Crippen LogP contribution is -2.49. The van der Waals surface area contributed by atoms with Crippen LogP contribution in [0.2, 0.25) is 6.55 Å². The van der Waals surface area contributed by atoms with E-state index in [-0.39, 0.29) is 0 Å². The van der Waals surface area contributed by atoms with Gasteiger partial charge in [-0.25, -0.2) is 0 Å². The standard InChI is InChI=1S/C15H18O2Si/c1-16-18(2,15-11-7-4-8-12-15)17-13-14-9-5-3-6-10-14/h3-12H,13H2,1-2H3. The third kappa shape index (κ3) is 3.07. The van der Waals surface area contributed by atoms with Gasteiger partial charge < -0.3 is 8.85 Å². The molecule has 2 nitrogen and oxygen atoms in total. The molecule has 2 aromatic rings. The first-order valence-corrected chi connectivity index (χ1v) is 8.35. The van der Waals surface area contributed by atoms with Gasteiger partial charge in [-0.05, 0) is 17.3 Å². The number of benzene rings is 2. The Morgan fingerprint density at radius 1 is 0.889 bits per heavy atom. The highest BCUT2D eigenvalue weighted by molar-refractivity contribution is 6.79. The zero-order valence-corrected chi connectivity index (χ0v) is 11.8. The highest BCUT2D eigenvalue weighted by Crippen LogP contribution is 2.11. The lowest BCUT2D eigenvalue weighted by atomic mass is 10.2. The van der Waals surface area contributed by atoms with Gasteiger partial charge in [0.15, 0.2) is 0 Å². The highest BCUT2D eigenvalue weighted by atomic mass is 28.4. The molecule has 0 fully saturated rings. The third-order valence-electron chi connectivity index (χ3n) is 3.04. The maximum absolute atomic E-state index is 6.07. The first-order valence-electron chi connectivity index (χ1n) is 6.03. The second-order valence-corrected chi connectivity index (χ2v) is 7.46. The van der Waals surface area contributed by atoms with Crippen molar-refractivity contribution in [3.8, 4) is 0 Å². The summed E-state index contributed by atoms with van der Waals surface area (Å²) in [6.45, 7) is 2.66. The summed E-state index contributed by atoms with van der Waals surface area (Å²) in [6, 6.07) is 20.4. The third-order valence-corrected chi connectivity index (χ3v) is 5.90. The molecule has 0 aliphatic heterocycles. The predicted octanol–water partition coefficient (Wildman–Crippen LogP) is 2.83. The van der Waals surface area contributed by atoms with Crippen molar-refractivity contribution in [2.45, 2.75) is 13.2 Å². The van der Waals surface area contributed by atoms with Crippen molar-refractivity contribution in [3.05, 3.63) is 66.2 Å². The minimum absolute atomic E-state index is 0.590. The smallest absolute Gasteiger partial charge is 0.369 e. The van der Waals surface area contributed by atoms with Crippen LogP contribution >= 0.6 is 0 Å². The van der Waals surface area contributed by atoms with E-state index in [1.807, 2.05) is 36.4 Å². The van der Waals surface area contributed by atoms with E-state index >= 15 is 0 Å². The van der Waals surface area contributed by atoms with E-state index in [2.05, 4.69) is 30.8 Å². The second-order valence-electron chi connectivity index (χ2n) is 4.29. The van der Waals surface area contributed by atoms with Gasteiger partial charge in [-0.3, -0.25) is 0 Å². The van der Waals surface area contributed by atoms with Crippen molar-refractivity contribution in [1.29, 1.82) is 0 Å². The van der Waals surface area contributed by atoms with E-state index < -0.39 is 8.56 Å². The van der Waals surface area contributed by atoms with E-state index in [1.165, 1.54) is 5.56 Å². The van der Waals surface area contributed by atoms with Crippen LogP contribution in [0.3, 0.4) is 0 Å². The van der Waals surface area contributed by atoms with E-state index in [0.717, 1.165) is 5.19 Å². The minimum Gasteiger partial charge on any atom is -0.394 e. The van der Waals surface area contributed by atoms with Gasteiger partial charge in [0.05, 0.1) is 6.61 Å². The molecule has 18 heavy (non-hydrogen) atoms. The van der Waals surface area contributed by atoms with E-state index in [0.29, 0.717) is 6.61 Å². The first kappa shape index (κ1) is 13.0. The molecule has 0 N–H and O–H groups in total. The Hall–Kier alpha value is -1.42. The summed E-state index contributed by atoms with van der Waals surface area (Å²) in [7, 11) is -0.556. The van der Waals surface area contributed by atoms with Crippen LogP contribution in [-0.4, -0.2) is 15.7 Å². The van der Waals surface area contributed by atoms with Crippen LogP contribution in [0.5, 0.6) is 0 Å². The second kappa shape index (κ2) is 5.95. The minimum atomic E-state index is -2.28. The van der Waals surface area contributed by atoms with Gasteiger partial charge in [0.2, 0.25) is 0 Å². The van der Waals surface area contributed by atoms with Gasteiger partial charge in [-0.2, -0.15) is 0 Å². The van der Waals surface area contributed by atoms with Crippen LogP contribution in [-0.2, 0) is 15.5 Å². The fourth-order valence-corrected chi connectivity index (χ4v) is 3.56. The van der Waals surface area contributed by atoms with Gasteiger partial charge in [-0.1, -0.05) is 60.7 Å². The maximum Gasteiger partial charge on any atom is 0.369 e. The predicted molar refractivity (Wildman–Crippen MR) is 75.9 cm³/mol. The van der Waals surface area contributed by atoms with Crippen molar-refractivity contribution >= 4 is 13.7 Å². The summed E-state index contributed by atoms with van der Waals surface area (Å²) in [5.74, 6) is 0. The largest absolute Gasteiger partial charge is 0.394 e. The molecule has 0 heterocycles. The molecule has 0 aliphatic rings. The van der Waals surface area contributed by atoms with E-state index in [4.69, 9.17) is 8.85 Å². The molecule has 2 aromatic carbocycles. The summed E-state index contributed by atoms with van der Waals surface area (Å²) in [5.41, 5.74) is 1.17. The molecule has 0 amide bonds. The summed E-state index contributed by atoms with van der Waals surface area (Å²) in [6.07, 6.45) is 0. The van der Waals surface area contributed by atoms with Crippen molar-refractivity contribution in [2.75, 3.05) is 7.11 Å². The maximum atomic E-state index is 6.07. The monoisotopic (exact) mass is 258 g/mol. The fourth-order valence-electron chi connectivity index (χ4n) is 1.80. The zero-order chi connectivity index (χ0) is 12.8. The van der Waals surface area contributed by atoms with Gasteiger partial charge >= 0.3 is 8.56 Å². The molecule has 0 bridgehead atoms. The average molecular weight is 258 g/mol. The first-order chi connectivity index (χ1) is 8.74. The highest BCUT2D eigenvalue weighted by Gasteiger charge is 2.32. The van der Waals surface area contributed by atoms with Gasteiger partial charge in [0, 0.05) is 7.11 Å². The topological polar surface area (TPSA) is 18.5 Å². The SMILES string of the molecule is CO[Si](C)(OCc1ccccc1)c1ccccc1. The van der Waals surface area contributed by atoms with Crippen LogP contribution in [0.1, 0.15) is 5.56 Å². The zero-order valence-electron chi connectivity index (χ0n) is 10.8. The molecular weight excluding hydrogens is 240 g/mol. The number of hydrogen-bond donors (Lipinski definition) is 0. The van der Waals surface area contributed by atoms with Crippen LogP contribution in [0, 0.1) is 0 Å². The molecule has 1 unspecified atom stereocenters. The Bertz CT molecular complexity index is 472. The Kier molecular flexibility index (Phi) is 4.31. The van der Waals surface area contributed by atoms with Crippen LogP contribution in [0.15, 0.2) is 60.7 Å². The lowest BCUT2D eigenvalue weighted by Gasteiger charge is -2.25. The van der Waals surface area contributed by atoms with Crippen molar-refractivity contribution in [2.24, 2.45) is 0 Å². The normalized spacial score (nSPS) is 14.1. The van der Waals surface area contributed by atoms with Gasteiger partial charge in [0.25, 0.3) is 0 Å². The average Bonchev–Trinajstić information content (AvgIpc) is 2.47. The molecule has 0 saturated carbocycles. The Labute approximate surface area is 109 Å². The molecule has 94 valence electrons. The summed E-state index contributed by atoms with van der Waals surface area (Å²) in [5, 5.41) is 1.16. The number of rotatable bonds is 5. The molecule has 0 saturated heterocycles. The molecular formula is C15H18O2Si. The summed E-state index contributed by atoms with van der Waals surface area (Å²) >= 11 is 0. The molecule has 0 aromatic heterocycles. The Balaban J connectivity index is 2.10. The Morgan fingerprint density at radius 3 is 2.00 bits per heavy atom. The van der Waals surface area contributed by atoms with Crippen LogP contribution in [0.4, 0.5) is 0 Å². The molecule has 0 radical (unpaired) electrons. The molecule has 0 spiro atoms. The quantitative estimate of drug-likeness (QED) is 0.768. The van der Waals surface area contributed by atoms with Gasteiger partial charge in [0.1, 0.15) is 0 Å². The molecule has 2 rings (SSSR count). The van der Waals surface area contributed by atoms with Gasteiger partial charge in [-0.15, -0.1) is 0 Å². The summed E-state index contributed by atoms with van der Waals surface area (Å²) < 4.78 is 11.7. The lowest BCUT2D eigenvalue weighted by molar-refractivity contribution is 0.208. The number of hydrogen-bond acceptors (Lipinski definition) is 2. The van der Waals surface area contributed by atoms with E-state index in [9.17, 15) is 0 Å². The summed E-state index contributed by atoms with van der Waals surface area (Å²) in [4.78, 5) is 0. The molecule has 3 heteroatoms. The fraction of sp³-hybridized carbons (Fsp3) is 0.200. The van der Waals surface area contributed by atoms with E-state index in [1.54, 1.807) is 7.11 Å². The van der Waals surface area contributed by atoms with Crippen molar-refractivity contribution in [1.82, 2.24) is 0 Å². The van der Waals surface area contributed by atoms with Crippen molar-refractivity contribution in [3.63, 3.8) is 0 Å².